The molecule has 1 aromatic rings. The molecular formula is C12H13ClFNO4S2. The predicted molar refractivity (Wildman–Crippen MR) is 78.6 cm³/mol. The molecule has 0 aromatic heterocycles. The summed E-state index contributed by atoms with van der Waals surface area (Å²) >= 11 is 0. The van der Waals surface area contributed by atoms with Gasteiger partial charge < -0.3 is 0 Å². The molecule has 0 spiro atoms. The highest BCUT2D eigenvalue weighted by atomic mass is 35.7. The number of hydrogen-bond donors (Lipinski definition) is 0. The molecule has 0 aliphatic heterocycles. The van der Waals surface area contributed by atoms with Crippen LogP contribution in [0.25, 0.3) is 0 Å². The maximum atomic E-state index is 13.9. The van der Waals surface area contributed by atoms with Crippen molar-refractivity contribution in [1.82, 2.24) is 4.31 Å². The summed E-state index contributed by atoms with van der Waals surface area (Å²) in [5, 5.41) is 0. The van der Waals surface area contributed by atoms with Crippen LogP contribution in [0.15, 0.2) is 53.3 Å². The molecule has 0 saturated heterocycles. The van der Waals surface area contributed by atoms with E-state index < -0.39 is 34.7 Å². The number of halogens is 2. The van der Waals surface area contributed by atoms with Crippen LogP contribution < -0.4 is 0 Å². The van der Waals surface area contributed by atoms with Crippen molar-refractivity contribution in [3.05, 3.63) is 49.3 Å². The van der Waals surface area contributed by atoms with Crippen LogP contribution in [-0.4, -0.2) is 34.2 Å². The summed E-state index contributed by atoms with van der Waals surface area (Å²) < 4.78 is 61.7. The second kappa shape index (κ2) is 6.69. The van der Waals surface area contributed by atoms with E-state index in [1.807, 2.05) is 0 Å². The Hall–Kier alpha value is -1.22. The average Bonchev–Trinajstić information content (AvgIpc) is 2.37. The average molecular weight is 354 g/mol. The van der Waals surface area contributed by atoms with Crippen molar-refractivity contribution in [1.29, 1.82) is 0 Å². The molecule has 1 aromatic carbocycles. The SMILES string of the molecule is C=CCN(CC=C)S(=O)(=O)c1ccc(S(=O)(=O)Cl)cc1F. The van der Waals surface area contributed by atoms with Crippen molar-refractivity contribution < 1.29 is 21.2 Å². The Morgan fingerprint density at radius 1 is 1.14 bits per heavy atom. The quantitative estimate of drug-likeness (QED) is 0.556. The van der Waals surface area contributed by atoms with Crippen LogP contribution in [0.1, 0.15) is 0 Å². The van der Waals surface area contributed by atoms with E-state index >= 15 is 0 Å². The van der Waals surface area contributed by atoms with E-state index in [2.05, 4.69) is 13.2 Å². The zero-order valence-electron chi connectivity index (χ0n) is 10.9. The number of benzene rings is 1. The van der Waals surface area contributed by atoms with Crippen LogP contribution in [0, 0.1) is 5.82 Å². The van der Waals surface area contributed by atoms with Crippen LogP contribution in [0.4, 0.5) is 4.39 Å². The second-order valence-corrected chi connectivity index (χ2v) is 8.40. The first-order valence-electron chi connectivity index (χ1n) is 5.60. The summed E-state index contributed by atoms with van der Waals surface area (Å²) in [5.41, 5.74) is 0. The Morgan fingerprint density at radius 3 is 2.05 bits per heavy atom. The standard InChI is InChI=1S/C12H13ClFNO4S2/c1-3-7-15(8-4-2)21(18,19)12-6-5-10(9-11(12)14)20(13,16)17/h3-6,9H,1-2,7-8H2. The molecule has 0 heterocycles. The molecule has 0 saturated carbocycles. The minimum Gasteiger partial charge on any atom is -0.207 e. The second-order valence-electron chi connectivity index (χ2n) is 3.93. The van der Waals surface area contributed by atoms with E-state index in [0.29, 0.717) is 6.07 Å². The summed E-state index contributed by atoms with van der Waals surface area (Å²) in [4.78, 5) is -1.16. The zero-order valence-corrected chi connectivity index (χ0v) is 13.3. The van der Waals surface area contributed by atoms with Gasteiger partial charge in [0.1, 0.15) is 10.7 Å². The summed E-state index contributed by atoms with van der Waals surface area (Å²) in [5.74, 6) is -1.20. The van der Waals surface area contributed by atoms with Crippen molar-refractivity contribution >= 4 is 29.8 Å². The van der Waals surface area contributed by atoms with Gasteiger partial charge in [0.15, 0.2) is 0 Å². The highest BCUT2D eigenvalue weighted by molar-refractivity contribution is 8.13. The Kier molecular flexibility index (Phi) is 5.68. The molecule has 0 bridgehead atoms. The van der Waals surface area contributed by atoms with Crippen LogP contribution in [0.5, 0.6) is 0 Å². The molecule has 116 valence electrons. The third-order valence-corrected chi connectivity index (χ3v) is 5.68. The van der Waals surface area contributed by atoms with Crippen molar-refractivity contribution in [3.8, 4) is 0 Å². The lowest BCUT2D eigenvalue weighted by atomic mass is 10.3. The largest absolute Gasteiger partial charge is 0.261 e. The Labute approximate surface area is 127 Å². The molecule has 0 atom stereocenters. The third kappa shape index (κ3) is 4.13. The molecule has 0 aliphatic carbocycles. The number of sulfonamides is 1. The van der Waals surface area contributed by atoms with E-state index in [1.165, 1.54) is 12.2 Å². The molecule has 5 nitrogen and oxygen atoms in total. The first kappa shape index (κ1) is 17.8. The lowest BCUT2D eigenvalue weighted by molar-refractivity contribution is 0.466. The van der Waals surface area contributed by atoms with E-state index in [1.54, 1.807) is 0 Å². The Balaban J connectivity index is 3.38. The summed E-state index contributed by atoms with van der Waals surface area (Å²) in [6.07, 6.45) is 2.69. The van der Waals surface area contributed by atoms with Gasteiger partial charge >= 0.3 is 0 Å². The van der Waals surface area contributed by atoms with Gasteiger partial charge in [0.2, 0.25) is 10.0 Å². The van der Waals surface area contributed by atoms with Crippen LogP contribution in [0.2, 0.25) is 0 Å². The van der Waals surface area contributed by atoms with Crippen LogP contribution >= 0.6 is 10.7 Å². The van der Waals surface area contributed by atoms with Crippen LogP contribution in [0.3, 0.4) is 0 Å². The van der Waals surface area contributed by atoms with Crippen molar-refractivity contribution in [2.24, 2.45) is 0 Å². The van der Waals surface area contributed by atoms with Gasteiger partial charge in [-0.3, -0.25) is 0 Å². The molecule has 9 heteroatoms. The van der Waals surface area contributed by atoms with Crippen molar-refractivity contribution in [2.75, 3.05) is 13.1 Å². The highest BCUT2D eigenvalue weighted by Gasteiger charge is 2.27. The summed E-state index contributed by atoms with van der Waals surface area (Å²) in [6, 6.07) is 2.35. The highest BCUT2D eigenvalue weighted by Crippen LogP contribution is 2.24. The maximum Gasteiger partial charge on any atom is 0.261 e. The van der Waals surface area contributed by atoms with Gasteiger partial charge in [-0.25, -0.2) is 21.2 Å². The topological polar surface area (TPSA) is 71.5 Å². The van der Waals surface area contributed by atoms with Gasteiger partial charge in [0, 0.05) is 23.8 Å². The van der Waals surface area contributed by atoms with Crippen molar-refractivity contribution in [2.45, 2.75) is 9.79 Å². The van der Waals surface area contributed by atoms with Gasteiger partial charge in [0.05, 0.1) is 4.90 Å². The smallest absolute Gasteiger partial charge is 0.207 e. The summed E-state index contributed by atoms with van der Waals surface area (Å²) in [6.45, 7) is 6.78. The van der Waals surface area contributed by atoms with Gasteiger partial charge in [-0.1, -0.05) is 12.2 Å². The third-order valence-electron chi connectivity index (χ3n) is 2.47. The van der Waals surface area contributed by atoms with Gasteiger partial charge in [-0.05, 0) is 18.2 Å². The van der Waals surface area contributed by atoms with E-state index in [4.69, 9.17) is 10.7 Å². The minimum atomic E-state index is -4.14. The van der Waals surface area contributed by atoms with Gasteiger partial charge in [-0.15, -0.1) is 13.2 Å². The molecule has 21 heavy (non-hydrogen) atoms. The molecule has 0 amide bonds. The monoisotopic (exact) mass is 353 g/mol. The lowest BCUT2D eigenvalue weighted by Crippen LogP contribution is -2.32. The van der Waals surface area contributed by atoms with Gasteiger partial charge in [-0.2, -0.15) is 4.31 Å². The number of rotatable bonds is 7. The van der Waals surface area contributed by atoms with E-state index in [9.17, 15) is 21.2 Å². The van der Waals surface area contributed by atoms with Gasteiger partial charge in [0.25, 0.3) is 9.05 Å². The molecule has 1 rings (SSSR count). The van der Waals surface area contributed by atoms with E-state index in [0.717, 1.165) is 16.4 Å². The first-order valence-corrected chi connectivity index (χ1v) is 9.35. The molecule has 0 radical (unpaired) electrons. The Morgan fingerprint density at radius 2 is 1.67 bits per heavy atom. The zero-order chi connectivity index (χ0) is 16.3. The Bertz CT molecular complexity index is 749. The molecule has 0 N–H and O–H groups in total. The van der Waals surface area contributed by atoms with Crippen LogP contribution in [-0.2, 0) is 19.1 Å². The molecule has 0 aliphatic rings. The fourth-order valence-corrected chi connectivity index (χ4v) is 3.73. The first-order chi connectivity index (χ1) is 9.64. The molecule has 0 unspecified atom stereocenters. The van der Waals surface area contributed by atoms with E-state index in [-0.39, 0.29) is 13.1 Å². The fraction of sp³-hybridized carbons (Fsp3) is 0.167. The number of hydrogen-bond acceptors (Lipinski definition) is 4. The normalized spacial score (nSPS) is 12.3. The molecular weight excluding hydrogens is 341 g/mol. The lowest BCUT2D eigenvalue weighted by Gasteiger charge is -2.19. The summed E-state index contributed by atoms with van der Waals surface area (Å²) in [7, 11) is -3.20. The predicted octanol–water partition coefficient (Wildman–Crippen LogP) is 2.12. The fourth-order valence-electron chi connectivity index (χ4n) is 1.54. The van der Waals surface area contributed by atoms with Crippen molar-refractivity contribution in [3.63, 3.8) is 0 Å². The molecule has 0 fully saturated rings. The maximum absolute atomic E-state index is 13.9. The number of nitrogens with zero attached hydrogens (tertiary/aromatic N) is 1. The minimum absolute atomic E-state index is 0.0383.